The zero-order chi connectivity index (χ0) is 15.1. The number of amides is 1. The van der Waals surface area contributed by atoms with Crippen LogP contribution in [0.1, 0.15) is 10.4 Å². The molecule has 0 aliphatic heterocycles. The average Bonchev–Trinajstić information content (AvgIpc) is 2.86. The number of benzene rings is 1. The van der Waals surface area contributed by atoms with Crippen molar-refractivity contribution in [3.63, 3.8) is 0 Å². The highest BCUT2D eigenvalue weighted by Crippen LogP contribution is 2.25. The molecule has 106 valence electrons. The van der Waals surface area contributed by atoms with Gasteiger partial charge in [0, 0.05) is 16.7 Å². The second kappa shape index (κ2) is 4.71. The van der Waals surface area contributed by atoms with E-state index < -0.39 is 17.2 Å². The predicted molar refractivity (Wildman–Crippen MR) is 74.7 cm³/mol. The molecule has 0 saturated heterocycles. The van der Waals surface area contributed by atoms with Gasteiger partial charge >= 0.3 is 0 Å². The third-order valence-electron chi connectivity index (χ3n) is 3.02. The van der Waals surface area contributed by atoms with Gasteiger partial charge < -0.3 is 5.73 Å². The highest BCUT2D eigenvalue weighted by Gasteiger charge is 2.18. The number of nitrogens with zero attached hydrogens (tertiary/aromatic N) is 2. The number of carbonyl (C=O) groups is 1. The number of primary amides is 1. The summed E-state index contributed by atoms with van der Waals surface area (Å²) >= 11 is 5.71. The second-order valence-electron chi connectivity index (χ2n) is 4.30. The number of aromatic nitrogens is 3. The Hall–Kier alpha value is -2.67. The van der Waals surface area contributed by atoms with Crippen LogP contribution in [0.4, 0.5) is 4.39 Å². The van der Waals surface area contributed by atoms with Crippen molar-refractivity contribution in [2.75, 3.05) is 0 Å². The summed E-state index contributed by atoms with van der Waals surface area (Å²) < 4.78 is 15.3. The van der Waals surface area contributed by atoms with Gasteiger partial charge in [-0.3, -0.25) is 14.7 Å². The fourth-order valence-electron chi connectivity index (χ4n) is 2.12. The van der Waals surface area contributed by atoms with Crippen LogP contribution in [0.25, 0.3) is 16.9 Å². The molecule has 3 aromatic rings. The first-order valence-electron chi connectivity index (χ1n) is 5.83. The number of fused-ring (bicyclic) bond motifs is 1. The number of rotatable bonds is 2. The molecule has 1 aromatic carbocycles. The summed E-state index contributed by atoms with van der Waals surface area (Å²) in [5, 5.41) is 2.94. The van der Waals surface area contributed by atoms with E-state index >= 15 is 0 Å². The Labute approximate surface area is 122 Å². The van der Waals surface area contributed by atoms with E-state index in [4.69, 9.17) is 17.3 Å². The van der Waals surface area contributed by atoms with E-state index in [1.807, 2.05) is 0 Å². The maximum atomic E-state index is 14.0. The van der Waals surface area contributed by atoms with Crippen LogP contribution in [-0.2, 0) is 0 Å². The van der Waals surface area contributed by atoms with Gasteiger partial charge in [-0.1, -0.05) is 11.6 Å². The molecule has 8 heteroatoms. The molecule has 0 atom stereocenters. The summed E-state index contributed by atoms with van der Waals surface area (Å²) in [6, 6.07) is 5.18. The Morgan fingerprint density at radius 2 is 2.14 bits per heavy atom. The van der Waals surface area contributed by atoms with Crippen molar-refractivity contribution >= 4 is 23.2 Å². The Balaban J connectivity index is 2.40. The second-order valence-corrected chi connectivity index (χ2v) is 4.74. The number of H-pyrrole nitrogens is 1. The van der Waals surface area contributed by atoms with Crippen molar-refractivity contribution < 1.29 is 9.18 Å². The molecule has 6 nitrogen and oxygen atoms in total. The SMILES string of the molecule is NC(=O)c1c(=O)cc(-c2ccc(Cl)cc2F)n2[nH]cnc12. The lowest BCUT2D eigenvalue weighted by atomic mass is 10.1. The lowest BCUT2D eigenvalue weighted by molar-refractivity contribution is 0.100. The Morgan fingerprint density at radius 3 is 2.81 bits per heavy atom. The van der Waals surface area contributed by atoms with Crippen LogP contribution in [0, 0.1) is 5.82 Å². The molecule has 3 rings (SSSR count). The Kier molecular flexibility index (Phi) is 2.99. The van der Waals surface area contributed by atoms with E-state index in [1.165, 1.54) is 23.0 Å². The minimum absolute atomic E-state index is 0.0411. The van der Waals surface area contributed by atoms with Crippen LogP contribution in [0.3, 0.4) is 0 Å². The number of aromatic amines is 1. The zero-order valence-electron chi connectivity index (χ0n) is 10.4. The van der Waals surface area contributed by atoms with Gasteiger partial charge in [-0.05, 0) is 18.2 Å². The van der Waals surface area contributed by atoms with Gasteiger partial charge in [0.25, 0.3) is 5.91 Å². The molecule has 0 spiro atoms. The predicted octanol–water partition coefficient (Wildman–Crippen LogP) is 1.58. The summed E-state index contributed by atoms with van der Waals surface area (Å²) in [5.41, 5.74) is 4.70. The summed E-state index contributed by atoms with van der Waals surface area (Å²) in [7, 11) is 0. The number of hydrogen-bond acceptors (Lipinski definition) is 3. The number of pyridine rings is 1. The van der Waals surface area contributed by atoms with Gasteiger partial charge in [-0.25, -0.2) is 13.9 Å². The van der Waals surface area contributed by atoms with Crippen LogP contribution in [-0.4, -0.2) is 20.5 Å². The van der Waals surface area contributed by atoms with E-state index in [1.54, 1.807) is 0 Å². The van der Waals surface area contributed by atoms with Crippen molar-refractivity contribution in [1.82, 2.24) is 14.6 Å². The molecule has 2 heterocycles. The van der Waals surface area contributed by atoms with Gasteiger partial charge in [0.05, 0.1) is 5.69 Å². The van der Waals surface area contributed by atoms with Gasteiger partial charge in [-0.2, -0.15) is 0 Å². The molecule has 21 heavy (non-hydrogen) atoms. The highest BCUT2D eigenvalue weighted by atomic mass is 35.5. The summed E-state index contributed by atoms with van der Waals surface area (Å²) in [4.78, 5) is 27.3. The number of nitrogens with two attached hydrogens (primary N) is 1. The molecular formula is C13H8ClFN4O2. The molecule has 0 aliphatic carbocycles. The summed E-state index contributed by atoms with van der Waals surface area (Å²) in [6.45, 7) is 0. The number of nitrogens with one attached hydrogen (secondary N) is 1. The number of hydrogen-bond donors (Lipinski definition) is 2. The van der Waals surface area contributed by atoms with Gasteiger partial charge in [0.1, 0.15) is 17.7 Å². The van der Waals surface area contributed by atoms with Crippen molar-refractivity contribution in [2.24, 2.45) is 5.73 Å². The zero-order valence-corrected chi connectivity index (χ0v) is 11.2. The molecule has 0 unspecified atom stereocenters. The average molecular weight is 307 g/mol. The van der Waals surface area contributed by atoms with E-state index in [2.05, 4.69) is 10.1 Å². The van der Waals surface area contributed by atoms with Gasteiger partial charge in [-0.15, -0.1) is 0 Å². The van der Waals surface area contributed by atoms with Crippen LogP contribution in [0.5, 0.6) is 0 Å². The van der Waals surface area contributed by atoms with Crippen LogP contribution in [0.2, 0.25) is 5.02 Å². The molecule has 1 amide bonds. The smallest absolute Gasteiger partial charge is 0.256 e. The molecule has 0 fully saturated rings. The van der Waals surface area contributed by atoms with Crippen molar-refractivity contribution in [3.8, 4) is 11.3 Å². The standard InChI is InChI=1S/C13H8ClFN4O2/c14-6-1-2-7(8(15)3-6)9-4-10(20)11(12(16)21)13-17-5-18-19(9)13/h1-5H,(H2,16,21)(H,17,18). The number of halogens is 2. The molecule has 0 saturated carbocycles. The Morgan fingerprint density at radius 1 is 1.38 bits per heavy atom. The third-order valence-corrected chi connectivity index (χ3v) is 3.25. The first kappa shape index (κ1) is 13.3. The normalized spacial score (nSPS) is 11.0. The third kappa shape index (κ3) is 2.07. The number of carbonyl (C=O) groups excluding carboxylic acids is 1. The van der Waals surface area contributed by atoms with E-state index in [-0.39, 0.29) is 27.5 Å². The summed E-state index contributed by atoms with van der Waals surface area (Å²) in [6.07, 6.45) is 1.28. The largest absolute Gasteiger partial charge is 0.365 e. The fourth-order valence-corrected chi connectivity index (χ4v) is 2.28. The Bertz CT molecular complexity index is 932. The molecule has 0 bridgehead atoms. The molecule has 0 aliphatic rings. The van der Waals surface area contributed by atoms with Gasteiger partial charge in [0.15, 0.2) is 11.1 Å². The van der Waals surface area contributed by atoms with Crippen LogP contribution >= 0.6 is 11.6 Å². The minimum atomic E-state index is -0.896. The van der Waals surface area contributed by atoms with Crippen molar-refractivity contribution in [3.05, 3.63) is 57.2 Å². The first-order valence-corrected chi connectivity index (χ1v) is 6.21. The minimum Gasteiger partial charge on any atom is -0.365 e. The monoisotopic (exact) mass is 306 g/mol. The lowest BCUT2D eigenvalue weighted by Crippen LogP contribution is -2.23. The van der Waals surface area contributed by atoms with Crippen LogP contribution in [0.15, 0.2) is 35.4 Å². The fraction of sp³-hybridized carbons (Fsp3) is 0. The maximum absolute atomic E-state index is 14.0. The van der Waals surface area contributed by atoms with E-state index in [9.17, 15) is 14.0 Å². The lowest BCUT2D eigenvalue weighted by Gasteiger charge is -2.08. The van der Waals surface area contributed by atoms with Crippen molar-refractivity contribution in [1.29, 1.82) is 0 Å². The highest BCUT2D eigenvalue weighted by molar-refractivity contribution is 6.30. The topological polar surface area (TPSA) is 93.3 Å². The van der Waals surface area contributed by atoms with E-state index in [0.29, 0.717) is 0 Å². The van der Waals surface area contributed by atoms with Crippen molar-refractivity contribution in [2.45, 2.75) is 0 Å². The summed E-state index contributed by atoms with van der Waals surface area (Å²) in [5.74, 6) is -1.50. The maximum Gasteiger partial charge on any atom is 0.256 e. The first-order chi connectivity index (χ1) is 9.99. The van der Waals surface area contributed by atoms with E-state index in [0.717, 1.165) is 12.1 Å². The molecular weight excluding hydrogens is 299 g/mol. The molecule has 2 aromatic heterocycles. The van der Waals surface area contributed by atoms with Gasteiger partial charge in [0.2, 0.25) is 0 Å². The molecule has 0 radical (unpaired) electrons. The quantitative estimate of drug-likeness (QED) is 0.752. The molecule has 3 N–H and O–H groups in total. The van der Waals surface area contributed by atoms with Crippen LogP contribution < -0.4 is 11.2 Å².